The highest BCUT2D eigenvalue weighted by Crippen LogP contribution is 2.35. The molecule has 0 spiro atoms. The van der Waals surface area contributed by atoms with Gasteiger partial charge in [0.2, 0.25) is 11.8 Å². The third kappa shape index (κ3) is 7.64. The predicted molar refractivity (Wildman–Crippen MR) is 160 cm³/mol. The number of carbonyl (C=O) groups is 2. The minimum Gasteiger partial charge on any atom is -0.393 e. The quantitative estimate of drug-likeness (QED) is 0.288. The van der Waals surface area contributed by atoms with E-state index in [0.717, 1.165) is 12.8 Å². The molecule has 2 N–H and O–H groups in total. The Morgan fingerprint density at radius 2 is 1.03 bits per heavy atom. The molecule has 2 amide bonds. The van der Waals surface area contributed by atoms with Crippen molar-refractivity contribution in [3.63, 3.8) is 0 Å². The monoisotopic (exact) mass is 570 g/mol. The Hall–Kier alpha value is -1.36. The topological polar surface area (TPSA) is 87.6 Å². The van der Waals surface area contributed by atoms with Gasteiger partial charge in [-0.2, -0.15) is 0 Å². The summed E-state index contributed by atoms with van der Waals surface area (Å²) < 4.78 is 0. The van der Waals surface area contributed by atoms with E-state index in [1.54, 1.807) is 9.80 Å². The van der Waals surface area contributed by atoms with Crippen molar-refractivity contribution in [1.82, 2.24) is 19.6 Å². The maximum Gasteiger partial charge on any atom is 0.248 e. The van der Waals surface area contributed by atoms with Gasteiger partial charge < -0.3 is 20.0 Å². The number of amides is 2. The maximum atomic E-state index is 12.6. The molecule has 2 fully saturated rings. The van der Waals surface area contributed by atoms with Crippen LogP contribution < -0.4 is 0 Å². The molecule has 0 aliphatic carbocycles. The molecule has 2 saturated heterocycles. The third-order valence-electron chi connectivity index (χ3n) is 9.02. The summed E-state index contributed by atoms with van der Waals surface area (Å²) in [4.78, 5) is 32.4. The molecule has 4 unspecified atom stereocenters. The predicted octanol–water partition coefficient (Wildman–Crippen LogP) is 3.78. The van der Waals surface area contributed by atoms with Gasteiger partial charge in [0.25, 0.3) is 0 Å². The van der Waals surface area contributed by atoms with Crippen LogP contribution in [-0.4, -0.2) is 102 Å². The molecule has 10 heteroatoms. The van der Waals surface area contributed by atoms with Gasteiger partial charge in [0, 0.05) is 25.2 Å². The molecule has 38 heavy (non-hydrogen) atoms. The number of carbonyl (C=O) groups excluding carboxylic acids is 2. The number of likely N-dealkylation sites (N-methyl/N-ethyl adjacent to an activating group) is 2. The fourth-order valence-corrected chi connectivity index (χ4v) is 6.16. The molecular formula is C28H50N4O4S2. The van der Waals surface area contributed by atoms with Crippen molar-refractivity contribution in [2.75, 3.05) is 26.2 Å². The molecule has 2 rings (SSSR count). The summed E-state index contributed by atoms with van der Waals surface area (Å²) in [7, 11) is 0. The van der Waals surface area contributed by atoms with E-state index in [1.165, 1.54) is 0 Å². The van der Waals surface area contributed by atoms with Crippen LogP contribution in [0.25, 0.3) is 0 Å². The van der Waals surface area contributed by atoms with Gasteiger partial charge in [0.05, 0.1) is 25.3 Å². The average molecular weight is 571 g/mol. The summed E-state index contributed by atoms with van der Waals surface area (Å²) in [5.74, 6) is 0.0777. The molecule has 0 saturated carbocycles. The van der Waals surface area contributed by atoms with Crippen LogP contribution in [0.15, 0.2) is 0 Å². The van der Waals surface area contributed by atoms with E-state index in [0.29, 0.717) is 62.1 Å². The third-order valence-corrected chi connectivity index (χ3v) is 9.93. The zero-order valence-corrected chi connectivity index (χ0v) is 26.3. The van der Waals surface area contributed by atoms with Crippen LogP contribution in [0.4, 0.5) is 0 Å². The number of rotatable bonds is 15. The van der Waals surface area contributed by atoms with Crippen molar-refractivity contribution >= 4 is 46.5 Å². The first-order valence-corrected chi connectivity index (χ1v) is 15.0. The largest absolute Gasteiger partial charge is 0.393 e. The van der Waals surface area contributed by atoms with E-state index in [2.05, 4.69) is 27.7 Å². The molecule has 0 aromatic heterocycles. The van der Waals surface area contributed by atoms with Gasteiger partial charge in [-0.05, 0) is 101 Å². The van der Waals surface area contributed by atoms with Crippen molar-refractivity contribution in [1.29, 1.82) is 0 Å². The Balaban J connectivity index is 1.79. The SMILES string of the molecule is CCN1CC(=O)N(C(C)C(C)(C)CCC(O)CCC(O)CCC(C)(C)C(C)N2C(=O)CN(CC)C2=S)C1=S. The second kappa shape index (κ2) is 13.3. The van der Waals surface area contributed by atoms with Crippen LogP contribution >= 0.6 is 24.4 Å². The van der Waals surface area contributed by atoms with Crippen LogP contribution in [0.2, 0.25) is 0 Å². The van der Waals surface area contributed by atoms with Gasteiger partial charge >= 0.3 is 0 Å². The second-order valence-corrected chi connectivity index (χ2v) is 13.1. The van der Waals surface area contributed by atoms with E-state index in [4.69, 9.17) is 24.4 Å². The van der Waals surface area contributed by atoms with E-state index in [1.807, 2.05) is 37.5 Å². The van der Waals surface area contributed by atoms with Gasteiger partial charge in [-0.1, -0.05) is 27.7 Å². The highest BCUT2D eigenvalue weighted by molar-refractivity contribution is 7.80. The van der Waals surface area contributed by atoms with Crippen LogP contribution in [0.5, 0.6) is 0 Å². The molecule has 8 nitrogen and oxygen atoms in total. The minimum absolute atomic E-state index is 0.0388. The Kier molecular flexibility index (Phi) is 11.5. The lowest BCUT2D eigenvalue weighted by Gasteiger charge is -2.38. The standard InChI is InChI=1S/C28H50N4O4S2/c1-9-29-17-23(35)31(25(29)37)19(3)27(5,6)15-13-21(33)11-12-22(34)14-16-28(7,8)20(4)32-24(36)18-30(10-2)26(32)38/h19-22,33-34H,9-18H2,1-8H3. The Morgan fingerprint density at radius 1 is 0.711 bits per heavy atom. The molecule has 218 valence electrons. The number of thiocarbonyl (C=S) groups is 2. The number of hydrogen-bond donors (Lipinski definition) is 2. The summed E-state index contributed by atoms with van der Waals surface area (Å²) in [6.45, 7) is 18.6. The molecule has 0 aromatic rings. The highest BCUT2D eigenvalue weighted by atomic mass is 32.1. The van der Waals surface area contributed by atoms with Crippen LogP contribution in [0, 0.1) is 10.8 Å². The molecule has 0 aromatic carbocycles. The van der Waals surface area contributed by atoms with Crippen molar-refractivity contribution in [2.24, 2.45) is 10.8 Å². The first-order valence-electron chi connectivity index (χ1n) is 14.1. The lowest BCUT2D eigenvalue weighted by atomic mass is 9.78. The maximum absolute atomic E-state index is 12.6. The first kappa shape index (κ1) is 32.8. The number of nitrogens with zero attached hydrogens (tertiary/aromatic N) is 4. The van der Waals surface area contributed by atoms with Gasteiger partial charge in [-0.3, -0.25) is 19.4 Å². The molecule has 0 bridgehead atoms. The Labute approximate surface area is 240 Å². The normalized spacial score (nSPS) is 20.6. The van der Waals surface area contributed by atoms with E-state index in [9.17, 15) is 19.8 Å². The molecule has 2 heterocycles. The summed E-state index contributed by atoms with van der Waals surface area (Å²) in [5, 5.41) is 22.5. The van der Waals surface area contributed by atoms with Gasteiger partial charge in [-0.15, -0.1) is 0 Å². The number of aliphatic hydroxyl groups is 2. The fraction of sp³-hybridized carbons (Fsp3) is 0.857. The van der Waals surface area contributed by atoms with Gasteiger partial charge in [0.15, 0.2) is 10.2 Å². The minimum atomic E-state index is -0.518. The Morgan fingerprint density at radius 3 is 1.29 bits per heavy atom. The smallest absolute Gasteiger partial charge is 0.248 e. The molecule has 2 aliphatic rings. The fourth-order valence-electron chi connectivity index (χ4n) is 5.26. The highest BCUT2D eigenvalue weighted by Gasteiger charge is 2.42. The van der Waals surface area contributed by atoms with Gasteiger partial charge in [-0.25, -0.2) is 0 Å². The molecular weight excluding hydrogens is 520 g/mol. The first-order chi connectivity index (χ1) is 17.6. The van der Waals surface area contributed by atoms with Crippen LogP contribution in [-0.2, 0) is 9.59 Å². The Bertz CT molecular complexity index is 811. The van der Waals surface area contributed by atoms with Crippen LogP contribution in [0.1, 0.15) is 93.9 Å². The van der Waals surface area contributed by atoms with Gasteiger partial charge in [0.1, 0.15) is 0 Å². The summed E-state index contributed by atoms with van der Waals surface area (Å²) in [6.07, 6.45) is 2.69. The average Bonchev–Trinajstić information content (AvgIpc) is 3.31. The van der Waals surface area contributed by atoms with Crippen LogP contribution in [0.3, 0.4) is 0 Å². The van der Waals surface area contributed by atoms with Crippen molar-refractivity contribution in [3.05, 3.63) is 0 Å². The summed E-state index contributed by atoms with van der Waals surface area (Å²) in [6, 6.07) is -0.137. The lowest BCUT2D eigenvalue weighted by molar-refractivity contribution is -0.128. The summed E-state index contributed by atoms with van der Waals surface area (Å²) in [5.41, 5.74) is -0.436. The van der Waals surface area contributed by atoms with E-state index < -0.39 is 12.2 Å². The lowest BCUT2D eigenvalue weighted by Crippen LogP contribution is -2.47. The second-order valence-electron chi connectivity index (χ2n) is 12.4. The number of aliphatic hydroxyl groups excluding tert-OH is 2. The van der Waals surface area contributed by atoms with Crippen molar-refractivity contribution in [3.8, 4) is 0 Å². The molecule has 4 atom stereocenters. The van der Waals surface area contributed by atoms with Crippen molar-refractivity contribution < 1.29 is 19.8 Å². The number of hydrogen-bond acceptors (Lipinski definition) is 6. The molecule has 0 radical (unpaired) electrons. The zero-order chi connectivity index (χ0) is 29.0. The van der Waals surface area contributed by atoms with E-state index >= 15 is 0 Å². The van der Waals surface area contributed by atoms with Crippen molar-refractivity contribution in [2.45, 2.75) is 118 Å². The van der Waals surface area contributed by atoms with E-state index in [-0.39, 0.29) is 34.7 Å². The molecule has 2 aliphatic heterocycles. The zero-order valence-electron chi connectivity index (χ0n) is 24.7. The summed E-state index contributed by atoms with van der Waals surface area (Å²) >= 11 is 11.1.